The zero-order chi connectivity index (χ0) is 14.4. The summed E-state index contributed by atoms with van der Waals surface area (Å²) in [6.45, 7) is 2.14. The molecule has 2 atom stereocenters. The molecule has 106 valence electrons. The molecule has 20 heavy (non-hydrogen) atoms. The molecule has 0 aromatic heterocycles. The van der Waals surface area contributed by atoms with Crippen molar-refractivity contribution in [2.45, 2.75) is 44.1 Å². The second-order valence-electron chi connectivity index (χ2n) is 5.23. The molecule has 2 rings (SSSR count). The Kier molecular flexibility index (Phi) is 4.87. The van der Waals surface area contributed by atoms with Crippen LogP contribution in [-0.4, -0.2) is 17.8 Å². The summed E-state index contributed by atoms with van der Waals surface area (Å²) in [5.41, 5.74) is 0.0345. The summed E-state index contributed by atoms with van der Waals surface area (Å²) in [6, 6.07) is 10.0. The summed E-state index contributed by atoms with van der Waals surface area (Å²) in [5.74, 6) is 6.90. The average Bonchev–Trinajstić information content (AvgIpc) is 2.82. The Labute approximate surface area is 121 Å². The Bertz CT molecular complexity index is 521. The molecule has 0 saturated heterocycles. The van der Waals surface area contributed by atoms with Crippen LogP contribution >= 0.6 is 0 Å². The molecule has 2 nitrogen and oxygen atoms in total. The van der Waals surface area contributed by atoms with Gasteiger partial charge in [-0.2, -0.15) is 0 Å². The van der Waals surface area contributed by atoms with Gasteiger partial charge in [0.1, 0.15) is 5.60 Å². The fraction of sp³-hybridized carbons (Fsp3) is 0.444. The van der Waals surface area contributed by atoms with Crippen molar-refractivity contribution >= 4 is 0 Å². The Morgan fingerprint density at radius 3 is 2.75 bits per heavy atom. The number of ether oxygens (including phenoxy) is 1. The number of hydrogen-bond acceptors (Lipinski definition) is 2. The number of hydrogen-bond donors (Lipinski definition) is 1. The van der Waals surface area contributed by atoms with E-state index >= 15 is 0 Å². The molecule has 0 unspecified atom stereocenters. The lowest BCUT2D eigenvalue weighted by molar-refractivity contribution is 0.0863. The zero-order valence-corrected chi connectivity index (χ0v) is 12.2. The first-order valence-electron chi connectivity index (χ1n) is 7.21. The van der Waals surface area contributed by atoms with E-state index in [1.807, 2.05) is 36.4 Å². The molecule has 1 aromatic carbocycles. The second kappa shape index (κ2) is 6.63. The van der Waals surface area contributed by atoms with Crippen molar-refractivity contribution < 1.29 is 9.84 Å². The van der Waals surface area contributed by atoms with Crippen LogP contribution in [0, 0.1) is 11.8 Å². The molecule has 2 heteroatoms. The molecule has 0 saturated carbocycles. The minimum Gasteiger partial charge on any atom is -0.501 e. The maximum atomic E-state index is 10.9. The van der Waals surface area contributed by atoms with E-state index in [9.17, 15) is 5.11 Å². The van der Waals surface area contributed by atoms with Crippen LogP contribution in [0.15, 0.2) is 42.2 Å². The molecule has 0 fully saturated rings. The number of unbranched alkanes of at least 4 members (excludes halogenated alkanes) is 2. The normalized spacial score (nSPS) is 24.8. The summed E-state index contributed by atoms with van der Waals surface area (Å²) in [6.07, 6.45) is 5.48. The van der Waals surface area contributed by atoms with Gasteiger partial charge in [0.15, 0.2) is 0 Å². The highest BCUT2D eigenvalue weighted by molar-refractivity contribution is 5.39. The minimum atomic E-state index is -1.04. The first-order chi connectivity index (χ1) is 9.69. The number of benzene rings is 1. The van der Waals surface area contributed by atoms with Gasteiger partial charge in [0.05, 0.1) is 12.9 Å². The lowest BCUT2D eigenvalue weighted by Crippen LogP contribution is -2.30. The van der Waals surface area contributed by atoms with E-state index in [1.54, 1.807) is 7.11 Å². The van der Waals surface area contributed by atoms with Gasteiger partial charge in [-0.1, -0.05) is 49.6 Å². The maximum absolute atomic E-state index is 10.9. The van der Waals surface area contributed by atoms with Crippen LogP contribution < -0.4 is 0 Å². The Morgan fingerprint density at radius 1 is 1.35 bits per heavy atom. The van der Waals surface area contributed by atoms with Gasteiger partial charge in [0.25, 0.3) is 0 Å². The molecule has 0 amide bonds. The topological polar surface area (TPSA) is 29.5 Å². The molecule has 0 radical (unpaired) electrons. The first kappa shape index (κ1) is 14.7. The van der Waals surface area contributed by atoms with Crippen LogP contribution in [0.4, 0.5) is 0 Å². The molecule has 1 aliphatic rings. The Morgan fingerprint density at radius 2 is 2.10 bits per heavy atom. The van der Waals surface area contributed by atoms with E-state index in [2.05, 4.69) is 18.8 Å². The second-order valence-corrected chi connectivity index (χ2v) is 5.23. The first-order valence-corrected chi connectivity index (χ1v) is 7.21. The van der Waals surface area contributed by atoms with Gasteiger partial charge in [0, 0.05) is 18.8 Å². The molecule has 1 N–H and O–H groups in total. The molecule has 1 aromatic rings. The summed E-state index contributed by atoms with van der Waals surface area (Å²) >= 11 is 0. The summed E-state index contributed by atoms with van der Waals surface area (Å²) in [4.78, 5) is 0. The largest absolute Gasteiger partial charge is 0.501 e. The van der Waals surface area contributed by atoms with Gasteiger partial charge < -0.3 is 9.84 Å². The van der Waals surface area contributed by atoms with Crippen molar-refractivity contribution in [1.82, 2.24) is 0 Å². The summed E-state index contributed by atoms with van der Waals surface area (Å²) < 4.78 is 5.32. The van der Waals surface area contributed by atoms with Crippen LogP contribution in [0.2, 0.25) is 0 Å². The average molecular weight is 270 g/mol. The molecule has 0 heterocycles. The van der Waals surface area contributed by atoms with E-state index in [1.165, 1.54) is 0 Å². The predicted octanol–water partition coefficient (Wildman–Crippen LogP) is 3.63. The molecular weight excluding hydrogens is 248 g/mol. The molecular formula is C18H22O2. The van der Waals surface area contributed by atoms with Crippen LogP contribution in [0.1, 0.15) is 44.1 Å². The van der Waals surface area contributed by atoms with Crippen LogP contribution in [0.3, 0.4) is 0 Å². The van der Waals surface area contributed by atoms with Gasteiger partial charge in [-0.25, -0.2) is 0 Å². The minimum absolute atomic E-state index is 0.118. The zero-order valence-electron chi connectivity index (χ0n) is 12.2. The Balaban J connectivity index is 2.24. The number of aliphatic hydroxyl groups is 1. The lowest BCUT2D eigenvalue weighted by Gasteiger charge is -2.24. The third-order valence-electron chi connectivity index (χ3n) is 3.69. The van der Waals surface area contributed by atoms with Gasteiger partial charge in [-0.15, -0.1) is 5.92 Å². The van der Waals surface area contributed by atoms with Crippen LogP contribution in [0.25, 0.3) is 0 Å². The van der Waals surface area contributed by atoms with Gasteiger partial charge >= 0.3 is 0 Å². The third kappa shape index (κ3) is 3.23. The van der Waals surface area contributed by atoms with Crippen molar-refractivity contribution in [2.24, 2.45) is 0 Å². The Hall–Kier alpha value is -1.72. The quantitative estimate of drug-likeness (QED) is 0.668. The molecule has 0 bridgehead atoms. The lowest BCUT2D eigenvalue weighted by atomic mass is 9.85. The van der Waals surface area contributed by atoms with E-state index < -0.39 is 5.60 Å². The van der Waals surface area contributed by atoms with Gasteiger partial charge in [0.2, 0.25) is 0 Å². The standard InChI is InChI=1S/C18H22O2/c1-3-4-5-9-12-18(19)14-16(20-2)13-17(18)15-10-7-6-8-11-15/h6-8,10-11,13,17,19H,3-5,14H2,1-2H3/t17-,18-/m1/s1. The van der Waals surface area contributed by atoms with E-state index in [0.717, 1.165) is 30.6 Å². The highest BCUT2D eigenvalue weighted by Crippen LogP contribution is 2.41. The van der Waals surface area contributed by atoms with Crippen molar-refractivity contribution in [3.63, 3.8) is 0 Å². The third-order valence-corrected chi connectivity index (χ3v) is 3.69. The molecule has 0 aliphatic heterocycles. The highest BCUT2D eigenvalue weighted by Gasteiger charge is 2.41. The van der Waals surface area contributed by atoms with E-state index in [-0.39, 0.29) is 5.92 Å². The fourth-order valence-electron chi connectivity index (χ4n) is 2.53. The summed E-state index contributed by atoms with van der Waals surface area (Å²) in [5, 5.41) is 10.9. The fourth-order valence-corrected chi connectivity index (χ4v) is 2.53. The van der Waals surface area contributed by atoms with Gasteiger partial charge in [-0.3, -0.25) is 0 Å². The van der Waals surface area contributed by atoms with E-state index in [0.29, 0.717) is 6.42 Å². The smallest absolute Gasteiger partial charge is 0.142 e. The number of methoxy groups -OCH3 is 1. The van der Waals surface area contributed by atoms with Crippen LogP contribution in [-0.2, 0) is 4.74 Å². The molecule has 0 spiro atoms. The van der Waals surface area contributed by atoms with Crippen LogP contribution in [0.5, 0.6) is 0 Å². The predicted molar refractivity (Wildman–Crippen MR) is 81.1 cm³/mol. The monoisotopic (exact) mass is 270 g/mol. The van der Waals surface area contributed by atoms with Crippen molar-refractivity contribution in [2.75, 3.05) is 7.11 Å². The SMILES string of the molecule is CCCCC#C[C@@]1(O)CC(OC)=C[C@@H]1c1ccccc1. The van der Waals surface area contributed by atoms with Crippen molar-refractivity contribution in [3.8, 4) is 11.8 Å². The van der Waals surface area contributed by atoms with Crippen molar-refractivity contribution in [3.05, 3.63) is 47.7 Å². The number of rotatable bonds is 4. The maximum Gasteiger partial charge on any atom is 0.142 e. The van der Waals surface area contributed by atoms with Crippen molar-refractivity contribution in [1.29, 1.82) is 0 Å². The molecule has 1 aliphatic carbocycles. The summed E-state index contributed by atoms with van der Waals surface area (Å²) in [7, 11) is 1.64. The van der Waals surface area contributed by atoms with Gasteiger partial charge in [-0.05, 0) is 18.1 Å². The highest BCUT2D eigenvalue weighted by atomic mass is 16.5. The van der Waals surface area contributed by atoms with E-state index in [4.69, 9.17) is 4.74 Å².